The van der Waals surface area contributed by atoms with E-state index in [1.165, 1.54) is 5.56 Å². The minimum Gasteiger partial charge on any atom is -0.342 e. The van der Waals surface area contributed by atoms with Crippen molar-refractivity contribution in [3.63, 3.8) is 0 Å². The number of carbonyl (C=O) groups excluding carboxylic acids is 2. The summed E-state index contributed by atoms with van der Waals surface area (Å²) in [6.45, 7) is 1.16. The van der Waals surface area contributed by atoms with Gasteiger partial charge in [0, 0.05) is 30.1 Å². The molecule has 1 N–H and O–H groups in total. The second-order valence-electron chi connectivity index (χ2n) is 6.20. The van der Waals surface area contributed by atoms with E-state index >= 15 is 0 Å². The van der Waals surface area contributed by atoms with E-state index in [9.17, 15) is 9.59 Å². The monoisotopic (exact) mass is 354 g/mol. The van der Waals surface area contributed by atoms with Gasteiger partial charge in [-0.05, 0) is 36.4 Å². The lowest BCUT2D eigenvalue weighted by atomic mass is 10.1. The zero-order chi connectivity index (χ0) is 17.6. The lowest BCUT2D eigenvalue weighted by molar-refractivity contribution is -0.128. The Balaban J connectivity index is 1.55. The van der Waals surface area contributed by atoms with Crippen LogP contribution in [0.2, 0.25) is 0 Å². The Morgan fingerprint density at radius 1 is 1.20 bits per heavy atom. The van der Waals surface area contributed by atoms with Gasteiger partial charge < -0.3 is 10.2 Å². The van der Waals surface area contributed by atoms with E-state index in [0.717, 1.165) is 17.0 Å². The molecule has 1 aliphatic heterocycles. The normalized spacial score (nSPS) is 16.9. The van der Waals surface area contributed by atoms with E-state index in [0.29, 0.717) is 19.5 Å². The number of nitrogens with zero attached hydrogens (tertiary/aromatic N) is 1. The minimum absolute atomic E-state index is 0.0638. The summed E-state index contributed by atoms with van der Waals surface area (Å²) in [7, 11) is 0. The van der Waals surface area contributed by atoms with Gasteiger partial charge in [0.1, 0.15) is 0 Å². The van der Waals surface area contributed by atoms with Gasteiger partial charge in [-0.1, -0.05) is 36.4 Å². The number of thioether (sulfide) groups is 1. The predicted octanol–water partition coefficient (Wildman–Crippen LogP) is 3.44. The number of likely N-dealkylation sites (tertiary alicyclic amines) is 1. The van der Waals surface area contributed by atoms with Crippen molar-refractivity contribution in [2.75, 3.05) is 24.7 Å². The highest BCUT2D eigenvalue weighted by Gasteiger charge is 2.33. The average molecular weight is 354 g/mol. The molecule has 0 spiro atoms. The first-order valence-electron chi connectivity index (χ1n) is 8.42. The smallest absolute Gasteiger partial charge is 0.229 e. The summed E-state index contributed by atoms with van der Waals surface area (Å²) < 4.78 is 0. The second-order valence-corrected chi connectivity index (χ2v) is 7.08. The lowest BCUT2D eigenvalue weighted by Crippen LogP contribution is -2.30. The minimum atomic E-state index is -0.277. The fourth-order valence-corrected chi connectivity index (χ4v) is 3.48. The Morgan fingerprint density at radius 3 is 2.76 bits per heavy atom. The summed E-state index contributed by atoms with van der Waals surface area (Å²) in [5.74, 6) is -0.288. The summed E-state index contributed by atoms with van der Waals surface area (Å²) in [4.78, 5) is 27.6. The van der Waals surface area contributed by atoms with E-state index in [2.05, 4.69) is 17.4 Å². The molecule has 3 rings (SSSR count). The first-order chi connectivity index (χ1) is 12.2. The molecule has 1 unspecified atom stereocenters. The first-order valence-corrected chi connectivity index (χ1v) is 9.65. The van der Waals surface area contributed by atoms with Crippen molar-refractivity contribution >= 4 is 29.3 Å². The molecule has 0 aliphatic carbocycles. The van der Waals surface area contributed by atoms with Gasteiger partial charge in [0.25, 0.3) is 0 Å². The molecule has 1 atom stereocenters. The molecule has 2 amide bonds. The van der Waals surface area contributed by atoms with Gasteiger partial charge in [-0.15, -0.1) is 11.8 Å². The van der Waals surface area contributed by atoms with Crippen LogP contribution >= 0.6 is 11.8 Å². The van der Waals surface area contributed by atoms with Crippen molar-refractivity contribution in [1.82, 2.24) is 4.90 Å². The Bertz CT molecular complexity index is 748. The molecular formula is C20H22N2O2S. The summed E-state index contributed by atoms with van der Waals surface area (Å²) in [5, 5.41) is 2.94. The zero-order valence-electron chi connectivity index (χ0n) is 14.3. The van der Waals surface area contributed by atoms with Crippen LogP contribution in [-0.4, -0.2) is 36.1 Å². The standard InChI is InChI=1S/C20H22N2O2S/c1-25-18-9-5-8-17(13-18)21-20(24)16-12-19(23)22(14-16)11-10-15-6-3-2-4-7-15/h2-9,13,16H,10-12,14H2,1H3,(H,21,24). The van der Waals surface area contributed by atoms with Crippen LogP contribution in [-0.2, 0) is 16.0 Å². The van der Waals surface area contributed by atoms with Crippen molar-refractivity contribution in [2.24, 2.45) is 5.92 Å². The summed E-state index contributed by atoms with van der Waals surface area (Å²) >= 11 is 1.63. The van der Waals surface area contributed by atoms with E-state index < -0.39 is 0 Å². The highest BCUT2D eigenvalue weighted by atomic mass is 32.2. The van der Waals surface area contributed by atoms with E-state index in [-0.39, 0.29) is 17.7 Å². The molecule has 2 aromatic rings. The van der Waals surface area contributed by atoms with Crippen LogP contribution in [0.5, 0.6) is 0 Å². The summed E-state index contributed by atoms with van der Waals surface area (Å²) in [6.07, 6.45) is 3.11. The third-order valence-corrected chi connectivity index (χ3v) is 5.16. The molecule has 2 aromatic carbocycles. The molecule has 0 radical (unpaired) electrons. The van der Waals surface area contributed by atoms with E-state index in [4.69, 9.17) is 0 Å². The predicted molar refractivity (Wildman–Crippen MR) is 102 cm³/mol. The second kappa shape index (κ2) is 8.21. The molecule has 130 valence electrons. The first kappa shape index (κ1) is 17.5. The topological polar surface area (TPSA) is 49.4 Å². The molecule has 0 aromatic heterocycles. The van der Waals surface area contributed by atoms with Crippen molar-refractivity contribution in [3.05, 3.63) is 60.2 Å². The zero-order valence-corrected chi connectivity index (χ0v) is 15.1. The van der Waals surface area contributed by atoms with Crippen molar-refractivity contribution in [1.29, 1.82) is 0 Å². The van der Waals surface area contributed by atoms with Gasteiger partial charge >= 0.3 is 0 Å². The van der Waals surface area contributed by atoms with Crippen LogP contribution in [0.15, 0.2) is 59.5 Å². The highest BCUT2D eigenvalue weighted by Crippen LogP contribution is 2.23. The van der Waals surface area contributed by atoms with Gasteiger partial charge in [-0.2, -0.15) is 0 Å². The largest absolute Gasteiger partial charge is 0.342 e. The van der Waals surface area contributed by atoms with Gasteiger partial charge in [0.05, 0.1) is 5.92 Å². The van der Waals surface area contributed by atoms with E-state index in [1.807, 2.05) is 48.7 Å². The van der Waals surface area contributed by atoms with Crippen LogP contribution < -0.4 is 5.32 Å². The number of hydrogen-bond acceptors (Lipinski definition) is 3. The van der Waals surface area contributed by atoms with Crippen LogP contribution in [0.4, 0.5) is 5.69 Å². The molecule has 1 saturated heterocycles. The van der Waals surface area contributed by atoms with Crippen LogP contribution in [0.3, 0.4) is 0 Å². The van der Waals surface area contributed by atoms with Crippen LogP contribution in [0.25, 0.3) is 0 Å². The highest BCUT2D eigenvalue weighted by molar-refractivity contribution is 7.98. The van der Waals surface area contributed by atoms with Gasteiger partial charge in [0.15, 0.2) is 0 Å². The number of nitrogens with one attached hydrogen (secondary N) is 1. The number of hydrogen-bond donors (Lipinski definition) is 1. The molecule has 4 nitrogen and oxygen atoms in total. The lowest BCUT2D eigenvalue weighted by Gasteiger charge is -2.16. The number of carbonyl (C=O) groups is 2. The fraction of sp³-hybridized carbons (Fsp3) is 0.300. The Labute approximate surface area is 152 Å². The Morgan fingerprint density at radius 2 is 2.00 bits per heavy atom. The van der Waals surface area contributed by atoms with Crippen molar-refractivity contribution < 1.29 is 9.59 Å². The SMILES string of the molecule is CSc1cccc(NC(=O)C2CC(=O)N(CCc3ccccc3)C2)c1. The number of amides is 2. The van der Waals surface area contributed by atoms with Gasteiger partial charge in [-0.25, -0.2) is 0 Å². The van der Waals surface area contributed by atoms with E-state index in [1.54, 1.807) is 16.7 Å². The summed E-state index contributed by atoms with van der Waals surface area (Å²) in [5.41, 5.74) is 1.99. The molecule has 0 bridgehead atoms. The third-order valence-electron chi connectivity index (χ3n) is 4.44. The molecule has 1 heterocycles. The number of anilines is 1. The Hall–Kier alpha value is -2.27. The van der Waals surface area contributed by atoms with Gasteiger partial charge in [-0.3, -0.25) is 9.59 Å². The molecule has 5 heteroatoms. The maximum atomic E-state index is 12.5. The van der Waals surface area contributed by atoms with Crippen LogP contribution in [0.1, 0.15) is 12.0 Å². The van der Waals surface area contributed by atoms with Crippen molar-refractivity contribution in [2.45, 2.75) is 17.7 Å². The average Bonchev–Trinajstić information content (AvgIpc) is 3.02. The molecule has 25 heavy (non-hydrogen) atoms. The van der Waals surface area contributed by atoms with Crippen molar-refractivity contribution in [3.8, 4) is 0 Å². The summed E-state index contributed by atoms with van der Waals surface area (Å²) in [6, 6.07) is 17.9. The molecule has 1 fully saturated rings. The number of benzene rings is 2. The van der Waals surface area contributed by atoms with Crippen LogP contribution in [0, 0.1) is 5.92 Å². The maximum absolute atomic E-state index is 12.5. The quantitative estimate of drug-likeness (QED) is 0.809. The third kappa shape index (κ3) is 4.63. The van der Waals surface area contributed by atoms with Gasteiger partial charge in [0.2, 0.25) is 11.8 Å². The molecular weight excluding hydrogens is 332 g/mol. The Kier molecular flexibility index (Phi) is 5.76. The molecule has 1 aliphatic rings. The fourth-order valence-electron chi connectivity index (χ4n) is 3.02. The maximum Gasteiger partial charge on any atom is 0.229 e. The molecule has 0 saturated carbocycles. The number of rotatable bonds is 6.